The van der Waals surface area contributed by atoms with Gasteiger partial charge in [-0.15, -0.1) is 0 Å². The Morgan fingerprint density at radius 1 is 0.977 bits per heavy atom. The molecule has 4 rings (SSSR count). The predicted molar refractivity (Wildman–Crippen MR) is 171 cm³/mol. The maximum atomic E-state index is 13.3. The second kappa shape index (κ2) is 14.1. The van der Waals surface area contributed by atoms with Gasteiger partial charge >= 0.3 is 5.97 Å². The Kier molecular flexibility index (Phi) is 10.5. The lowest BCUT2D eigenvalue weighted by molar-refractivity contribution is 0.0696. The summed E-state index contributed by atoms with van der Waals surface area (Å²) in [5.41, 5.74) is 4.25. The first-order valence-electron chi connectivity index (χ1n) is 13.8. The molecule has 1 aromatic heterocycles. The molecular weight excluding hydrogens is 632 g/mol. The number of aromatic carboxylic acids is 1. The number of anilines is 1. The Hall–Kier alpha value is -3.80. The Balaban J connectivity index is 1.64. The molecule has 1 atom stereocenters. The molecule has 0 aliphatic carbocycles. The van der Waals surface area contributed by atoms with Gasteiger partial charge in [0.2, 0.25) is 11.8 Å². The molecular formula is C32H35BrN4O5S. The number of aromatic nitrogens is 2. The van der Waals surface area contributed by atoms with E-state index < -0.39 is 16.0 Å². The van der Waals surface area contributed by atoms with Crippen molar-refractivity contribution in [2.45, 2.75) is 51.6 Å². The molecule has 3 N–H and O–H groups in total. The van der Waals surface area contributed by atoms with E-state index in [-0.39, 0.29) is 28.3 Å². The first-order chi connectivity index (χ1) is 20.4. The number of ether oxygens (including phenoxy) is 1. The first-order valence-corrected chi connectivity index (χ1v) is 16.1. The van der Waals surface area contributed by atoms with E-state index in [2.05, 4.69) is 61.9 Å². The van der Waals surface area contributed by atoms with E-state index in [1.807, 2.05) is 44.2 Å². The molecule has 43 heavy (non-hydrogen) atoms. The zero-order chi connectivity index (χ0) is 31.1. The minimum absolute atomic E-state index is 0.00107. The van der Waals surface area contributed by atoms with Gasteiger partial charge in [0, 0.05) is 28.7 Å². The van der Waals surface area contributed by atoms with Crippen molar-refractivity contribution in [1.82, 2.24) is 15.3 Å². The standard InChI is InChI=1S/C32H35BrN4O5S/c1-20(2)15-26(34-18-23-11-13-25(33)14-12-23)19-42-29-17-28(30-21(3)7-5-8-22(30)4)35-32(36-29)37-43(40,41)27-10-6-9-24(16-27)31(38)39/h5-14,16-17,20,26,34H,15,18-19H2,1-4H3,(H,38,39)(H,35,36,37). The Labute approximate surface area is 260 Å². The number of hydrogen-bond acceptors (Lipinski definition) is 7. The van der Waals surface area contributed by atoms with Gasteiger partial charge in [0.15, 0.2) is 0 Å². The van der Waals surface area contributed by atoms with Gasteiger partial charge in [0.1, 0.15) is 6.61 Å². The molecule has 0 amide bonds. The van der Waals surface area contributed by atoms with Crippen LogP contribution >= 0.6 is 15.9 Å². The molecule has 9 nitrogen and oxygen atoms in total. The van der Waals surface area contributed by atoms with E-state index in [1.165, 1.54) is 18.2 Å². The minimum Gasteiger partial charge on any atom is -0.478 e. The van der Waals surface area contributed by atoms with Gasteiger partial charge in [-0.2, -0.15) is 4.98 Å². The summed E-state index contributed by atoms with van der Waals surface area (Å²) in [6, 6.07) is 20.8. The van der Waals surface area contributed by atoms with Crippen LogP contribution in [-0.2, 0) is 16.6 Å². The lowest BCUT2D eigenvalue weighted by Crippen LogP contribution is -2.35. The molecule has 1 heterocycles. The fourth-order valence-corrected chi connectivity index (χ4v) is 5.95. The van der Waals surface area contributed by atoms with Crippen LogP contribution in [-0.4, -0.2) is 42.1 Å². The number of halogens is 1. The number of rotatable bonds is 13. The summed E-state index contributed by atoms with van der Waals surface area (Å²) in [4.78, 5) is 20.1. The van der Waals surface area contributed by atoms with E-state index >= 15 is 0 Å². The van der Waals surface area contributed by atoms with E-state index in [1.54, 1.807) is 6.07 Å². The van der Waals surface area contributed by atoms with Crippen LogP contribution in [0.5, 0.6) is 5.88 Å². The van der Waals surface area contributed by atoms with Gasteiger partial charge in [-0.1, -0.05) is 66.2 Å². The van der Waals surface area contributed by atoms with Crippen molar-refractivity contribution in [2.24, 2.45) is 5.92 Å². The number of carboxylic acids is 1. The van der Waals surface area contributed by atoms with Gasteiger partial charge in [-0.25, -0.2) is 22.9 Å². The van der Waals surface area contributed by atoms with Crippen LogP contribution < -0.4 is 14.8 Å². The van der Waals surface area contributed by atoms with Crippen LogP contribution in [0, 0.1) is 19.8 Å². The largest absolute Gasteiger partial charge is 0.478 e. The van der Waals surface area contributed by atoms with E-state index in [0.29, 0.717) is 24.8 Å². The number of carbonyl (C=O) groups is 1. The highest BCUT2D eigenvalue weighted by Crippen LogP contribution is 2.29. The Bertz CT molecular complexity index is 1670. The van der Waals surface area contributed by atoms with Crippen molar-refractivity contribution in [3.8, 4) is 17.1 Å². The molecule has 0 fully saturated rings. The van der Waals surface area contributed by atoms with Crippen molar-refractivity contribution in [2.75, 3.05) is 11.3 Å². The van der Waals surface area contributed by atoms with Gasteiger partial charge in [-0.05, 0) is 73.2 Å². The first kappa shape index (κ1) is 32.1. The highest BCUT2D eigenvalue weighted by molar-refractivity contribution is 9.10. The van der Waals surface area contributed by atoms with Crippen molar-refractivity contribution in [3.63, 3.8) is 0 Å². The Morgan fingerprint density at radius 3 is 2.30 bits per heavy atom. The quantitative estimate of drug-likeness (QED) is 0.145. The average molecular weight is 668 g/mol. The van der Waals surface area contributed by atoms with Crippen LogP contribution in [0.3, 0.4) is 0 Å². The molecule has 0 aliphatic heterocycles. The fraction of sp³-hybridized carbons (Fsp3) is 0.281. The van der Waals surface area contributed by atoms with Crippen molar-refractivity contribution in [1.29, 1.82) is 0 Å². The third-order valence-electron chi connectivity index (χ3n) is 6.75. The van der Waals surface area contributed by atoms with Gasteiger partial charge < -0.3 is 15.2 Å². The van der Waals surface area contributed by atoms with E-state index in [0.717, 1.165) is 39.2 Å². The maximum absolute atomic E-state index is 13.3. The number of hydrogen-bond donors (Lipinski definition) is 3. The normalized spacial score (nSPS) is 12.2. The van der Waals surface area contributed by atoms with Crippen LogP contribution in [0.2, 0.25) is 0 Å². The molecule has 4 aromatic rings. The fourth-order valence-electron chi connectivity index (χ4n) is 4.70. The molecule has 3 aromatic carbocycles. The molecule has 0 bridgehead atoms. The van der Waals surface area contributed by atoms with Gasteiger partial charge in [-0.3, -0.25) is 0 Å². The third-order valence-corrected chi connectivity index (χ3v) is 8.61. The molecule has 0 aliphatic rings. The minimum atomic E-state index is -4.20. The smallest absolute Gasteiger partial charge is 0.335 e. The van der Waals surface area contributed by atoms with Gasteiger partial charge in [0.05, 0.1) is 16.2 Å². The number of nitrogens with one attached hydrogen (secondary N) is 2. The van der Waals surface area contributed by atoms with E-state index in [4.69, 9.17) is 4.74 Å². The predicted octanol–water partition coefficient (Wildman–Crippen LogP) is 6.61. The summed E-state index contributed by atoms with van der Waals surface area (Å²) in [7, 11) is -4.20. The van der Waals surface area contributed by atoms with Crippen LogP contribution in [0.25, 0.3) is 11.3 Å². The van der Waals surface area contributed by atoms with Crippen LogP contribution in [0.4, 0.5) is 5.95 Å². The molecule has 226 valence electrons. The second-order valence-electron chi connectivity index (χ2n) is 10.8. The molecule has 1 unspecified atom stereocenters. The highest BCUT2D eigenvalue weighted by atomic mass is 79.9. The average Bonchev–Trinajstić information content (AvgIpc) is 2.95. The highest BCUT2D eigenvalue weighted by Gasteiger charge is 2.21. The maximum Gasteiger partial charge on any atom is 0.335 e. The lowest BCUT2D eigenvalue weighted by atomic mass is 10.00. The number of carboxylic acid groups (broad SMARTS) is 1. The summed E-state index contributed by atoms with van der Waals surface area (Å²) in [6.45, 7) is 9.15. The SMILES string of the molecule is Cc1cccc(C)c1-c1cc(OCC(CC(C)C)NCc2ccc(Br)cc2)nc(NS(=O)(=O)c2cccc(C(=O)O)c2)n1. The van der Waals surface area contributed by atoms with Gasteiger partial charge in [0.25, 0.3) is 10.0 Å². The second-order valence-corrected chi connectivity index (χ2v) is 13.4. The Morgan fingerprint density at radius 2 is 1.65 bits per heavy atom. The lowest BCUT2D eigenvalue weighted by Gasteiger charge is -2.21. The summed E-state index contributed by atoms with van der Waals surface area (Å²) in [6.07, 6.45) is 0.852. The summed E-state index contributed by atoms with van der Waals surface area (Å²) < 4.78 is 36.2. The molecule has 0 saturated heterocycles. The van der Waals surface area contributed by atoms with Crippen LogP contribution in [0.15, 0.2) is 82.2 Å². The molecule has 0 spiro atoms. The summed E-state index contributed by atoms with van der Waals surface area (Å²) >= 11 is 3.47. The zero-order valence-electron chi connectivity index (χ0n) is 24.5. The van der Waals surface area contributed by atoms with Crippen molar-refractivity contribution in [3.05, 3.63) is 99.5 Å². The molecule has 0 radical (unpaired) electrons. The molecule has 11 heteroatoms. The van der Waals surface area contributed by atoms with E-state index in [9.17, 15) is 18.3 Å². The monoisotopic (exact) mass is 666 g/mol. The number of sulfonamides is 1. The summed E-state index contributed by atoms with van der Waals surface area (Å²) in [5.74, 6) is -0.792. The third kappa shape index (κ3) is 8.85. The number of aryl methyl sites for hydroxylation is 2. The number of nitrogens with zero attached hydrogens (tertiary/aromatic N) is 2. The van der Waals surface area contributed by atoms with Crippen LogP contribution in [0.1, 0.15) is 47.3 Å². The van der Waals surface area contributed by atoms with Crippen molar-refractivity contribution >= 4 is 37.9 Å². The summed E-state index contributed by atoms with van der Waals surface area (Å²) in [5, 5.41) is 12.9. The van der Waals surface area contributed by atoms with Crippen molar-refractivity contribution < 1.29 is 23.1 Å². The molecule has 0 saturated carbocycles. The topological polar surface area (TPSA) is 131 Å². The number of benzene rings is 3. The zero-order valence-corrected chi connectivity index (χ0v) is 26.9.